The van der Waals surface area contributed by atoms with Gasteiger partial charge in [-0.15, -0.1) is 0 Å². The third kappa shape index (κ3) is 5.54. The van der Waals surface area contributed by atoms with Crippen LogP contribution in [0.5, 0.6) is 5.75 Å². The van der Waals surface area contributed by atoms with Crippen molar-refractivity contribution >= 4 is 5.91 Å². The fourth-order valence-corrected chi connectivity index (χ4v) is 2.99. The van der Waals surface area contributed by atoms with Crippen molar-refractivity contribution in [2.24, 2.45) is 5.92 Å². The Balaban J connectivity index is 1.66. The highest BCUT2D eigenvalue weighted by molar-refractivity contribution is 5.77. The van der Waals surface area contributed by atoms with E-state index >= 15 is 0 Å². The van der Waals surface area contributed by atoms with Crippen molar-refractivity contribution in [3.63, 3.8) is 0 Å². The number of carbonyl (C=O) groups is 1. The standard InChI is InChI=1S/C19H29NO3/c1-14-6-7-15(2)19(16(14)3)23-13-18(21)20-10-4-5-17-8-11-22-12-9-17/h6-7,17H,4-5,8-13H2,1-3H3,(H,20,21). The molecule has 1 amide bonds. The molecule has 4 heteroatoms. The number of carbonyl (C=O) groups excluding carboxylic acids is 1. The Kier molecular flexibility index (Phi) is 6.90. The third-order valence-electron chi connectivity index (χ3n) is 4.67. The van der Waals surface area contributed by atoms with E-state index < -0.39 is 0 Å². The Morgan fingerprint density at radius 1 is 1.22 bits per heavy atom. The number of aryl methyl sites for hydroxylation is 2. The predicted octanol–water partition coefficient (Wildman–Crippen LogP) is 3.31. The number of benzene rings is 1. The van der Waals surface area contributed by atoms with Gasteiger partial charge in [0.25, 0.3) is 5.91 Å². The van der Waals surface area contributed by atoms with Crippen LogP contribution in [-0.2, 0) is 9.53 Å². The van der Waals surface area contributed by atoms with Gasteiger partial charge >= 0.3 is 0 Å². The molecule has 0 atom stereocenters. The highest BCUT2D eigenvalue weighted by Gasteiger charge is 2.13. The van der Waals surface area contributed by atoms with Crippen LogP contribution in [0.1, 0.15) is 42.4 Å². The zero-order valence-electron chi connectivity index (χ0n) is 14.6. The van der Waals surface area contributed by atoms with Gasteiger partial charge in [0.2, 0.25) is 0 Å². The van der Waals surface area contributed by atoms with Crippen LogP contribution in [0.4, 0.5) is 0 Å². The smallest absolute Gasteiger partial charge is 0.257 e. The van der Waals surface area contributed by atoms with Gasteiger partial charge in [-0.05, 0) is 69.1 Å². The highest BCUT2D eigenvalue weighted by atomic mass is 16.5. The van der Waals surface area contributed by atoms with Crippen LogP contribution >= 0.6 is 0 Å². The van der Waals surface area contributed by atoms with Crippen molar-refractivity contribution in [1.29, 1.82) is 0 Å². The molecule has 1 aliphatic rings. The summed E-state index contributed by atoms with van der Waals surface area (Å²) in [5.41, 5.74) is 3.36. The molecule has 1 aromatic carbocycles. The first-order valence-electron chi connectivity index (χ1n) is 8.62. The number of nitrogens with one attached hydrogen (secondary N) is 1. The van der Waals surface area contributed by atoms with E-state index in [0.29, 0.717) is 0 Å². The van der Waals surface area contributed by atoms with Gasteiger partial charge in [-0.1, -0.05) is 12.1 Å². The molecular weight excluding hydrogens is 290 g/mol. The zero-order chi connectivity index (χ0) is 16.7. The maximum absolute atomic E-state index is 11.9. The molecule has 1 heterocycles. The summed E-state index contributed by atoms with van der Waals surface area (Å²) in [7, 11) is 0. The van der Waals surface area contributed by atoms with Crippen LogP contribution in [0.3, 0.4) is 0 Å². The molecule has 0 unspecified atom stereocenters. The SMILES string of the molecule is Cc1ccc(C)c(OCC(=O)NCCCC2CCOCC2)c1C. The van der Waals surface area contributed by atoms with Crippen LogP contribution < -0.4 is 10.1 Å². The molecule has 0 aromatic heterocycles. The molecule has 2 rings (SSSR count). The van der Waals surface area contributed by atoms with Crippen molar-refractivity contribution in [3.05, 3.63) is 28.8 Å². The fraction of sp³-hybridized carbons (Fsp3) is 0.632. The lowest BCUT2D eigenvalue weighted by Crippen LogP contribution is -2.30. The number of amides is 1. The summed E-state index contributed by atoms with van der Waals surface area (Å²) in [4.78, 5) is 11.9. The van der Waals surface area contributed by atoms with E-state index in [0.717, 1.165) is 61.8 Å². The molecule has 0 spiro atoms. The lowest BCUT2D eigenvalue weighted by atomic mass is 9.95. The van der Waals surface area contributed by atoms with Gasteiger partial charge in [-0.3, -0.25) is 4.79 Å². The monoisotopic (exact) mass is 319 g/mol. The second-order valence-electron chi connectivity index (χ2n) is 6.49. The summed E-state index contributed by atoms with van der Waals surface area (Å²) in [6.07, 6.45) is 4.51. The normalized spacial score (nSPS) is 15.4. The molecule has 0 aliphatic carbocycles. The minimum atomic E-state index is -0.0442. The van der Waals surface area contributed by atoms with Crippen molar-refractivity contribution in [2.45, 2.75) is 46.5 Å². The van der Waals surface area contributed by atoms with Crippen LogP contribution in [0, 0.1) is 26.7 Å². The quantitative estimate of drug-likeness (QED) is 0.784. The second-order valence-corrected chi connectivity index (χ2v) is 6.49. The van der Waals surface area contributed by atoms with Crippen LogP contribution in [0.2, 0.25) is 0 Å². The van der Waals surface area contributed by atoms with E-state index in [9.17, 15) is 4.79 Å². The Hall–Kier alpha value is -1.55. The van der Waals surface area contributed by atoms with E-state index in [1.807, 2.05) is 19.9 Å². The molecular formula is C19H29NO3. The van der Waals surface area contributed by atoms with E-state index in [-0.39, 0.29) is 12.5 Å². The van der Waals surface area contributed by atoms with Crippen molar-refractivity contribution in [3.8, 4) is 5.75 Å². The molecule has 1 aromatic rings. The molecule has 1 aliphatic heterocycles. The van der Waals surface area contributed by atoms with Crippen molar-refractivity contribution in [2.75, 3.05) is 26.4 Å². The first-order valence-corrected chi connectivity index (χ1v) is 8.62. The Morgan fingerprint density at radius 2 is 1.91 bits per heavy atom. The van der Waals surface area contributed by atoms with Crippen LogP contribution in [-0.4, -0.2) is 32.3 Å². The number of ether oxygens (including phenoxy) is 2. The molecule has 0 bridgehead atoms. The average Bonchev–Trinajstić information content (AvgIpc) is 2.56. The van der Waals surface area contributed by atoms with Gasteiger partial charge in [0.05, 0.1) is 0 Å². The van der Waals surface area contributed by atoms with E-state index in [4.69, 9.17) is 9.47 Å². The summed E-state index contributed by atoms with van der Waals surface area (Å²) >= 11 is 0. The Morgan fingerprint density at radius 3 is 2.65 bits per heavy atom. The minimum absolute atomic E-state index is 0.0442. The first kappa shape index (κ1) is 17.8. The zero-order valence-corrected chi connectivity index (χ0v) is 14.6. The molecule has 23 heavy (non-hydrogen) atoms. The largest absolute Gasteiger partial charge is 0.483 e. The van der Waals surface area contributed by atoms with Gasteiger partial charge in [-0.2, -0.15) is 0 Å². The molecule has 1 N–H and O–H groups in total. The maximum atomic E-state index is 11.9. The molecule has 4 nitrogen and oxygen atoms in total. The van der Waals surface area contributed by atoms with Gasteiger partial charge in [-0.25, -0.2) is 0 Å². The van der Waals surface area contributed by atoms with E-state index in [2.05, 4.69) is 18.3 Å². The minimum Gasteiger partial charge on any atom is -0.483 e. The third-order valence-corrected chi connectivity index (χ3v) is 4.67. The average molecular weight is 319 g/mol. The summed E-state index contributed by atoms with van der Waals surface area (Å²) in [6, 6.07) is 4.11. The highest BCUT2D eigenvalue weighted by Crippen LogP contribution is 2.25. The second kappa shape index (κ2) is 8.92. The summed E-state index contributed by atoms with van der Waals surface area (Å²) in [6.45, 7) is 8.68. The predicted molar refractivity (Wildman–Crippen MR) is 91.9 cm³/mol. The van der Waals surface area contributed by atoms with E-state index in [1.54, 1.807) is 0 Å². The molecule has 1 fully saturated rings. The van der Waals surface area contributed by atoms with E-state index in [1.165, 1.54) is 12.0 Å². The molecule has 0 saturated carbocycles. The van der Waals surface area contributed by atoms with Crippen LogP contribution in [0.15, 0.2) is 12.1 Å². The fourth-order valence-electron chi connectivity index (χ4n) is 2.99. The number of rotatable bonds is 7. The molecule has 0 radical (unpaired) electrons. The number of hydrogen-bond acceptors (Lipinski definition) is 3. The first-order chi connectivity index (χ1) is 11.1. The summed E-state index contributed by atoms with van der Waals surface area (Å²) in [5.74, 6) is 1.55. The van der Waals surface area contributed by atoms with Gasteiger partial charge in [0, 0.05) is 19.8 Å². The summed E-state index contributed by atoms with van der Waals surface area (Å²) < 4.78 is 11.1. The topological polar surface area (TPSA) is 47.6 Å². The van der Waals surface area contributed by atoms with Gasteiger partial charge in [0.15, 0.2) is 6.61 Å². The maximum Gasteiger partial charge on any atom is 0.257 e. The van der Waals surface area contributed by atoms with Crippen molar-refractivity contribution in [1.82, 2.24) is 5.32 Å². The summed E-state index contributed by atoms with van der Waals surface area (Å²) in [5, 5.41) is 2.95. The van der Waals surface area contributed by atoms with Gasteiger partial charge in [0.1, 0.15) is 5.75 Å². The Bertz CT molecular complexity index is 522. The lowest BCUT2D eigenvalue weighted by Gasteiger charge is -2.21. The Labute approximate surface area is 139 Å². The van der Waals surface area contributed by atoms with Crippen LogP contribution in [0.25, 0.3) is 0 Å². The molecule has 1 saturated heterocycles. The van der Waals surface area contributed by atoms with Crippen molar-refractivity contribution < 1.29 is 14.3 Å². The molecule has 128 valence electrons. The lowest BCUT2D eigenvalue weighted by molar-refractivity contribution is -0.123. The number of hydrogen-bond donors (Lipinski definition) is 1. The van der Waals surface area contributed by atoms with Gasteiger partial charge < -0.3 is 14.8 Å².